The predicted octanol–water partition coefficient (Wildman–Crippen LogP) is 5.83. The molecule has 2 aromatic carbocycles. The molecule has 0 spiro atoms. The van der Waals surface area contributed by atoms with Crippen molar-refractivity contribution in [3.8, 4) is 11.5 Å². The second kappa shape index (κ2) is 6.81. The molecule has 0 aliphatic carbocycles. The Labute approximate surface area is 137 Å². The standard InChI is InChI=1S/C15H14BrCl2NO/c1-9(19-2)12-5-4-11(8-13(12)17)20-15-6-3-10(16)7-14(15)18/h3-9,19H,1-2H3. The normalized spacial score (nSPS) is 12.2. The first-order valence-corrected chi connectivity index (χ1v) is 7.65. The van der Waals surface area contributed by atoms with E-state index < -0.39 is 0 Å². The maximum absolute atomic E-state index is 6.27. The molecule has 0 aromatic heterocycles. The maximum atomic E-state index is 6.27. The molecule has 0 aliphatic rings. The van der Waals surface area contributed by atoms with E-state index in [1.165, 1.54) is 0 Å². The Balaban J connectivity index is 2.24. The van der Waals surface area contributed by atoms with Crippen LogP contribution in [0.5, 0.6) is 11.5 Å². The third-order valence-corrected chi connectivity index (χ3v) is 4.11. The number of nitrogens with one attached hydrogen (secondary N) is 1. The first-order valence-electron chi connectivity index (χ1n) is 6.11. The molecule has 0 saturated carbocycles. The Bertz CT molecular complexity index is 619. The van der Waals surface area contributed by atoms with Gasteiger partial charge < -0.3 is 10.1 Å². The summed E-state index contributed by atoms with van der Waals surface area (Å²) < 4.78 is 6.66. The summed E-state index contributed by atoms with van der Waals surface area (Å²) in [6.45, 7) is 2.05. The Morgan fingerprint density at radius 2 is 1.85 bits per heavy atom. The molecule has 0 aliphatic heterocycles. The minimum Gasteiger partial charge on any atom is -0.456 e. The van der Waals surface area contributed by atoms with Crippen LogP contribution >= 0.6 is 39.1 Å². The van der Waals surface area contributed by atoms with Crippen LogP contribution in [0.1, 0.15) is 18.5 Å². The fourth-order valence-electron chi connectivity index (χ4n) is 1.76. The van der Waals surface area contributed by atoms with Crippen LogP contribution in [0.2, 0.25) is 10.0 Å². The lowest BCUT2D eigenvalue weighted by Crippen LogP contribution is -2.12. The van der Waals surface area contributed by atoms with Gasteiger partial charge in [-0.05, 0) is 49.9 Å². The van der Waals surface area contributed by atoms with Gasteiger partial charge in [0.1, 0.15) is 11.5 Å². The third-order valence-electron chi connectivity index (χ3n) is 2.99. The summed E-state index contributed by atoms with van der Waals surface area (Å²) in [5.41, 5.74) is 1.03. The molecule has 0 amide bonds. The number of hydrogen-bond acceptors (Lipinski definition) is 2. The summed E-state index contributed by atoms with van der Waals surface area (Å²) in [5.74, 6) is 1.26. The minimum absolute atomic E-state index is 0.188. The van der Waals surface area contributed by atoms with Gasteiger partial charge in [-0.15, -0.1) is 0 Å². The van der Waals surface area contributed by atoms with Gasteiger partial charge >= 0.3 is 0 Å². The highest BCUT2D eigenvalue weighted by Crippen LogP contribution is 2.34. The highest BCUT2D eigenvalue weighted by atomic mass is 79.9. The minimum atomic E-state index is 0.188. The van der Waals surface area contributed by atoms with E-state index in [9.17, 15) is 0 Å². The molecule has 2 nitrogen and oxygen atoms in total. The van der Waals surface area contributed by atoms with Crippen LogP contribution in [0.4, 0.5) is 0 Å². The molecule has 1 N–H and O–H groups in total. The maximum Gasteiger partial charge on any atom is 0.146 e. The summed E-state index contributed by atoms with van der Waals surface area (Å²) in [7, 11) is 1.90. The van der Waals surface area contributed by atoms with Crippen molar-refractivity contribution < 1.29 is 4.74 Å². The number of ether oxygens (including phenoxy) is 1. The summed E-state index contributed by atoms with van der Waals surface area (Å²) in [6.07, 6.45) is 0. The Morgan fingerprint density at radius 3 is 2.45 bits per heavy atom. The highest BCUT2D eigenvalue weighted by molar-refractivity contribution is 9.10. The molecule has 5 heteroatoms. The largest absolute Gasteiger partial charge is 0.456 e. The second-order valence-corrected chi connectivity index (χ2v) is 6.10. The van der Waals surface area contributed by atoms with Crippen LogP contribution in [-0.2, 0) is 0 Å². The zero-order valence-electron chi connectivity index (χ0n) is 11.1. The van der Waals surface area contributed by atoms with E-state index in [-0.39, 0.29) is 6.04 Å². The van der Waals surface area contributed by atoms with E-state index in [2.05, 4.69) is 21.2 Å². The van der Waals surface area contributed by atoms with Crippen molar-refractivity contribution in [2.75, 3.05) is 7.05 Å². The van der Waals surface area contributed by atoms with E-state index in [1.54, 1.807) is 12.1 Å². The van der Waals surface area contributed by atoms with Crippen molar-refractivity contribution >= 4 is 39.1 Å². The van der Waals surface area contributed by atoms with Gasteiger partial charge in [-0.2, -0.15) is 0 Å². The lowest BCUT2D eigenvalue weighted by molar-refractivity contribution is 0.482. The zero-order valence-corrected chi connectivity index (χ0v) is 14.2. The van der Waals surface area contributed by atoms with Crippen LogP contribution in [0, 0.1) is 0 Å². The average Bonchev–Trinajstić information content (AvgIpc) is 2.41. The first-order chi connectivity index (χ1) is 9.51. The summed E-state index contributed by atoms with van der Waals surface area (Å²) in [6, 6.07) is 11.3. The first kappa shape index (κ1) is 15.6. The van der Waals surface area contributed by atoms with Crippen molar-refractivity contribution in [2.45, 2.75) is 13.0 Å². The number of halogens is 3. The molecule has 0 radical (unpaired) electrons. The predicted molar refractivity (Wildman–Crippen MR) is 88.2 cm³/mol. The Hall–Kier alpha value is -0.740. The van der Waals surface area contributed by atoms with Crippen LogP contribution < -0.4 is 10.1 Å². The lowest BCUT2D eigenvalue weighted by atomic mass is 10.1. The van der Waals surface area contributed by atoms with E-state index in [4.69, 9.17) is 27.9 Å². The molecular formula is C15H14BrCl2NO. The van der Waals surface area contributed by atoms with Crippen LogP contribution in [-0.4, -0.2) is 7.05 Å². The lowest BCUT2D eigenvalue weighted by Gasteiger charge is -2.14. The van der Waals surface area contributed by atoms with E-state index >= 15 is 0 Å². The van der Waals surface area contributed by atoms with Crippen LogP contribution in [0.15, 0.2) is 40.9 Å². The van der Waals surface area contributed by atoms with Crippen molar-refractivity contribution in [2.24, 2.45) is 0 Å². The molecule has 0 heterocycles. The van der Waals surface area contributed by atoms with Gasteiger partial charge in [0.25, 0.3) is 0 Å². The number of hydrogen-bond donors (Lipinski definition) is 1. The van der Waals surface area contributed by atoms with Gasteiger partial charge in [-0.1, -0.05) is 45.2 Å². The summed E-state index contributed by atoms with van der Waals surface area (Å²) >= 11 is 15.8. The number of benzene rings is 2. The molecule has 1 unspecified atom stereocenters. The van der Waals surface area contributed by atoms with Gasteiger partial charge in [0.2, 0.25) is 0 Å². The van der Waals surface area contributed by atoms with Gasteiger partial charge in [0.05, 0.1) is 5.02 Å². The Morgan fingerprint density at radius 1 is 1.10 bits per heavy atom. The van der Waals surface area contributed by atoms with Crippen molar-refractivity contribution in [1.82, 2.24) is 5.32 Å². The van der Waals surface area contributed by atoms with Crippen LogP contribution in [0.3, 0.4) is 0 Å². The SMILES string of the molecule is CNC(C)c1ccc(Oc2ccc(Br)cc2Cl)cc1Cl. The smallest absolute Gasteiger partial charge is 0.146 e. The van der Waals surface area contributed by atoms with E-state index in [0.29, 0.717) is 21.5 Å². The number of rotatable bonds is 4. The second-order valence-electron chi connectivity index (χ2n) is 4.37. The van der Waals surface area contributed by atoms with Gasteiger partial charge in [-0.3, -0.25) is 0 Å². The topological polar surface area (TPSA) is 21.3 Å². The van der Waals surface area contributed by atoms with Gasteiger partial charge in [-0.25, -0.2) is 0 Å². The molecule has 0 bridgehead atoms. The molecule has 0 saturated heterocycles. The van der Waals surface area contributed by atoms with E-state index in [0.717, 1.165) is 10.0 Å². The molecule has 106 valence electrons. The molecule has 0 fully saturated rings. The third kappa shape index (κ3) is 3.67. The molecule has 20 heavy (non-hydrogen) atoms. The highest BCUT2D eigenvalue weighted by Gasteiger charge is 2.10. The van der Waals surface area contributed by atoms with Crippen molar-refractivity contribution in [3.05, 3.63) is 56.5 Å². The fourth-order valence-corrected chi connectivity index (χ4v) is 2.81. The van der Waals surface area contributed by atoms with Crippen molar-refractivity contribution in [3.63, 3.8) is 0 Å². The van der Waals surface area contributed by atoms with Gasteiger partial charge in [0.15, 0.2) is 0 Å². The molecule has 1 atom stereocenters. The average molecular weight is 375 g/mol. The van der Waals surface area contributed by atoms with E-state index in [1.807, 2.05) is 38.2 Å². The van der Waals surface area contributed by atoms with Crippen LogP contribution in [0.25, 0.3) is 0 Å². The molecule has 2 aromatic rings. The molecular weight excluding hydrogens is 361 g/mol. The van der Waals surface area contributed by atoms with Crippen molar-refractivity contribution in [1.29, 1.82) is 0 Å². The summed E-state index contributed by atoms with van der Waals surface area (Å²) in [4.78, 5) is 0. The van der Waals surface area contributed by atoms with Gasteiger partial charge in [0, 0.05) is 15.5 Å². The quantitative estimate of drug-likeness (QED) is 0.726. The Kier molecular flexibility index (Phi) is 5.33. The zero-order chi connectivity index (χ0) is 14.7. The molecule has 2 rings (SSSR count). The fraction of sp³-hybridized carbons (Fsp3) is 0.200. The monoisotopic (exact) mass is 373 g/mol. The summed E-state index contributed by atoms with van der Waals surface area (Å²) in [5, 5.41) is 4.36.